The van der Waals surface area contributed by atoms with Gasteiger partial charge in [0.05, 0.1) is 24.3 Å². The van der Waals surface area contributed by atoms with Crippen LogP contribution in [0.25, 0.3) is 0 Å². The van der Waals surface area contributed by atoms with Crippen molar-refractivity contribution >= 4 is 14.9 Å². The van der Waals surface area contributed by atoms with E-state index in [2.05, 4.69) is 37.4 Å². The van der Waals surface area contributed by atoms with Crippen LogP contribution in [0.15, 0.2) is 17.1 Å². The first-order valence-electron chi connectivity index (χ1n) is 10.5. The highest BCUT2D eigenvalue weighted by Crippen LogP contribution is 2.60. The van der Waals surface area contributed by atoms with Gasteiger partial charge in [0.25, 0.3) is 0 Å². The lowest BCUT2D eigenvalue weighted by Crippen LogP contribution is -2.33. The molecule has 3 heterocycles. The molecule has 2 aliphatic heterocycles. The predicted molar refractivity (Wildman–Crippen MR) is 118 cm³/mol. The van der Waals surface area contributed by atoms with Crippen LogP contribution < -0.4 is 0 Å². The molecule has 2 N–H and O–H groups in total. The van der Waals surface area contributed by atoms with Gasteiger partial charge in [0.15, 0.2) is 6.40 Å². The van der Waals surface area contributed by atoms with Crippen molar-refractivity contribution in [2.75, 3.05) is 13.2 Å². The number of hydrogen-bond donors (Lipinski definition) is 2. The van der Waals surface area contributed by atoms with Crippen LogP contribution in [0.5, 0.6) is 11.8 Å². The Morgan fingerprint density at radius 2 is 1.67 bits per heavy atom. The summed E-state index contributed by atoms with van der Waals surface area (Å²) in [7, 11) is -1.38. The number of nitrogens with zero attached hydrogens (tertiary/aromatic N) is 3. The van der Waals surface area contributed by atoms with E-state index in [-0.39, 0.29) is 37.0 Å². The van der Waals surface area contributed by atoms with Gasteiger partial charge in [-0.15, -0.1) is 0 Å². The van der Waals surface area contributed by atoms with Crippen LogP contribution in [0.1, 0.15) is 59.6 Å². The second kappa shape index (κ2) is 8.50. The number of hydrogen-bond acceptors (Lipinski definition) is 7. The first kappa shape index (κ1) is 23.1. The van der Waals surface area contributed by atoms with Gasteiger partial charge in [0, 0.05) is 18.6 Å². The Labute approximate surface area is 180 Å². The molecule has 8 nitrogen and oxygen atoms in total. The fourth-order valence-electron chi connectivity index (χ4n) is 4.32. The van der Waals surface area contributed by atoms with E-state index in [0.29, 0.717) is 17.7 Å². The van der Waals surface area contributed by atoms with E-state index in [0.717, 1.165) is 0 Å². The van der Waals surface area contributed by atoms with Gasteiger partial charge in [-0.3, -0.25) is 9.56 Å². The summed E-state index contributed by atoms with van der Waals surface area (Å²) >= 11 is 0. The average molecular weight is 439 g/mol. The summed E-state index contributed by atoms with van der Waals surface area (Å²) in [5, 5.41) is 21.7. The first-order chi connectivity index (χ1) is 14.1. The molecule has 0 aliphatic carbocycles. The molecule has 0 aromatic carbocycles. The molecule has 1 aromatic rings. The Hall–Kier alpha value is -1.60. The van der Waals surface area contributed by atoms with Gasteiger partial charge in [-0.25, -0.2) is 4.67 Å². The van der Waals surface area contributed by atoms with Crippen molar-refractivity contribution in [2.45, 2.75) is 78.3 Å². The molecule has 3 atom stereocenters. The van der Waals surface area contributed by atoms with Crippen molar-refractivity contribution in [1.29, 1.82) is 0 Å². The van der Waals surface area contributed by atoms with E-state index in [4.69, 9.17) is 13.8 Å². The third-order valence-electron chi connectivity index (χ3n) is 5.50. The van der Waals surface area contributed by atoms with Gasteiger partial charge in [0.2, 0.25) is 11.8 Å². The largest absolute Gasteiger partial charge is 0.494 e. The van der Waals surface area contributed by atoms with E-state index in [1.54, 1.807) is 0 Å². The summed E-state index contributed by atoms with van der Waals surface area (Å²) in [6, 6.07) is 0.448. The van der Waals surface area contributed by atoms with Crippen LogP contribution in [0.4, 0.5) is 0 Å². The molecule has 0 radical (unpaired) electrons. The van der Waals surface area contributed by atoms with Crippen LogP contribution in [0.3, 0.4) is 0 Å². The van der Waals surface area contributed by atoms with Gasteiger partial charge in [-0.05, 0) is 60.6 Å². The summed E-state index contributed by atoms with van der Waals surface area (Å²) < 4.78 is 21.6. The van der Waals surface area contributed by atoms with Crippen molar-refractivity contribution in [3.63, 3.8) is 0 Å². The number of ether oxygens (including phenoxy) is 1. The van der Waals surface area contributed by atoms with E-state index in [9.17, 15) is 10.2 Å². The Morgan fingerprint density at radius 1 is 1.13 bits per heavy atom. The summed E-state index contributed by atoms with van der Waals surface area (Å²) in [5.74, 6) is 0.0353. The van der Waals surface area contributed by atoms with E-state index >= 15 is 0 Å². The maximum absolute atomic E-state index is 10.8. The lowest BCUT2D eigenvalue weighted by atomic mass is 9.86. The van der Waals surface area contributed by atoms with Gasteiger partial charge < -0.3 is 24.0 Å². The molecule has 3 rings (SSSR count). The SMILES string of the molecule is CCN=COP(OCCn1c(O)c2c(c1O)C1(C)C=CC2(C)O1)N(C(C)C)C(C)C. The summed E-state index contributed by atoms with van der Waals surface area (Å²) in [6.45, 7) is 15.3. The number of aliphatic imine (C=N–C) groups is 1. The van der Waals surface area contributed by atoms with Crippen molar-refractivity contribution in [2.24, 2.45) is 4.99 Å². The molecule has 0 saturated carbocycles. The monoisotopic (exact) mass is 439 g/mol. The minimum absolute atomic E-state index is 0.0176. The zero-order valence-corrected chi connectivity index (χ0v) is 19.8. The van der Waals surface area contributed by atoms with Crippen molar-refractivity contribution < 1.29 is 24.0 Å². The Bertz CT molecular complexity index is 788. The van der Waals surface area contributed by atoms with Crippen LogP contribution in [-0.4, -0.2) is 51.1 Å². The summed E-state index contributed by atoms with van der Waals surface area (Å²) in [6.07, 6.45) is 5.31. The Kier molecular flexibility index (Phi) is 6.54. The molecular weight excluding hydrogens is 405 g/mol. The Morgan fingerprint density at radius 3 is 2.13 bits per heavy atom. The maximum atomic E-state index is 10.8. The molecule has 9 heteroatoms. The predicted octanol–water partition coefficient (Wildman–Crippen LogP) is 4.36. The molecule has 0 spiro atoms. The molecule has 0 saturated heterocycles. The lowest BCUT2D eigenvalue weighted by Gasteiger charge is -2.34. The average Bonchev–Trinajstić information content (AvgIpc) is 3.19. The third kappa shape index (κ3) is 3.86. The molecule has 3 unspecified atom stereocenters. The topological polar surface area (TPSA) is 88.7 Å². The van der Waals surface area contributed by atoms with Crippen molar-refractivity contribution in [3.05, 3.63) is 23.3 Å². The highest BCUT2D eigenvalue weighted by Gasteiger charge is 2.56. The second-order valence-corrected chi connectivity index (χ2v) is 9.95. The standard InChI is InChI=1S/C21H34N3O5P/c1-8-22-13-28-30(24(14(2)3)15(4)5)27-12-11-23-18(25)16-17(19(23)26)21(7)10-9-20(16,6)29-21/h9-10,13-15,25-26H,8,11-12H2,1-7H3. The first-order valence-corrected chi connectivity index (χ1v) is 11.6. The van der Waals surface area contributed by atoms with Crippen LogP contribution >= 0.6 is 8.53 Å². The minimum Gasteiger partial charge on any atom is -0.494 e. The minimum atomic E-state index is -1.38. The zero-order chi connectivity index (χ0) is 22.3. The highest BCUT2D eigenvalue weighted by molar-refractivity contribution is 7.45. The molecule has 168 valence electrons. The highest BCUT2D eigenvalue weighted by atomic mass is 31.2. The maximum Gasteiger partial charge on any atom is 0.322 e. The van der Waals surface area contributed by atoms with Crippen LogP contribution in [0.2, 0.25) is 0 Å². The normalized spacial score (nSPS) is 25.9. The van der Waals surface area contributed by atoms with Crippen molar-refractivity contribution in [1.82, 2.24) is 9.24 Å². The van der Waals surface area contributed by atoms with Gasteiger partial charge in [0.1, 0.15) is 11.2 Å². The number of aromatic hydroxyl groups is 2. The summed E-state index contributed by atoms with van der Waals surface area (Å²) in [4.78, 5) is 4.14. The zero-order valence-electron chi connectivity index (χ0n) is 18.9. The van der Waals surface area contributed by atoms with E-state index < -0.39 is 19.7 Å². The quantitative estimate of drug-likeness (QED) is 0.244. The molecule has 30 heavy (non-hydrogen) atoms. The molecule has 2 aliphatic rings. The van der Waals surface area contributed by atoms with E-state index in [1.165, 1.54) is 11.0 Å². The molecule has 1 aromatic heterocycles. The van der Waals surface area contributed by atoms with Gasteiger partial charge in [-0.1, -0.05) is 0 Å². The number of fused-ring (bicyclic) bond motifs is 5. The summed E-state index contributed by atoms with van der Waals surface area (Å²) in [5.41, 5.74) is -0.194. The van der Waals surface area contributed by atoms with E-state index in [1.807, 2.05) is 32.9 Å². The molecule has 0 fully saturated rings. The Balaban J connectivity index is 1.76. The smallest absolute Gasteiger partial charge is 0.322 e. The van der Waals surface area contributed by atoms with Crippen LogP contribution in [0, 0.1) is 0 Å². The molecule has 2 bridgehead atoms. The second-order valence-electron chi connectivity index (χ2n) is 8.55. The molecular formula is C21H34N3O5P. The fourth-order valence-corrected chi connectivity index (χ4v) is 5.77. The van der Waals surface area contributed by atoms with Gasteiger partial charge >= 0.3 is 8.53 Å². The van der Waals surface area contributed by atoms with Crippen molar-refractivity contribution in [3.8, 4) is 11.8 Å². The number of aromatic nitrogens is 1. The fraction of sp³-hybridized carbons (Fsp3) is 0.667. The number of rotatable bonds is 10. The van der Waals surface area contributed by atoms with Gasteiger partial charge in [-0.2, -0.15) is 0 Å². The molecule has 0 amide bonds. The lowest BCUT2D eigenvalue weighted by molar-refractivity contribution is -0.0521. The third-order valence-corrected chi connectivity index (χ3v) is 7.48. The van der Waals surface area contributed by atoms with Crippen LogP contribution in [-0.2, 0) is 31.5 Å².